The van der Waals surface area contributed by atoms with Crippen molar-refractivity contribution in [3.05, 3.63) is 36.5 Å². The third-order valence-corrected chi connectivity index (χ3v) is 2.61. The first-order valence-corrected chi connectivity index (χ1v) is 5.93. The van der Waals surface area contributed by atoms with E-state index in [-0.39, 0.29) is 0 Å². The Morgan fingerprint density at radius 1 is 1.11 bits per heavy atom. The predicted molar refractivity (Wildman–Crippen MR) is 70.5 cm³/mol. The average Bonchev–Trinajstić information content (AvgIpc) is 2.65. The third kappa shape index (κ3) is 2.40. The van der Waals surface area contributed by atoms with Crippen LogP contribution in [0.3, 0.4) is 0 Å². The van der Waals surface area contributed by atoms with Crippen molar-refractivity contribution in [3.63, 3.8) is 0 Å². The Balaban J connectivity index is 1.82. The van der Waals surface area contributed by atoms with Gasteiger partial charge in [-0.15, -0.1) is 0 Å². The maximum absolute atomic E-state index is 5.65. The number of ether oxygens (including phenoxy) is 3. The number of benzene rings is 1. The van der Waals surface area contributed by atoms with Crippen LogP contribution in [0.15, 0.2) is 36.5 Å². The van der Waals surface area contributed by atoms with Crippen LogP contribution in [0.25, 0.3) is 0 Å². The normalized spacial score (nSPS) is 15.3. The lowest BCUT2D eigenvalue weighted by molar-refractivity contribution is -0.0431. The number of fused-ring (bicyclic) bond motifs is 1. The SMILES string of the molecule is CC1(C)Oc2ccc(Oc3ccc(N)cn3)cc2O1. The molecule has 0 atom stereocenters. The van der Waals surface area contributed by atoms with E-state index < -0.39 is 5.79 Å². The molecule has 1 aromatic heterocycles. The fraction of sp³-hybridized carbons (Fsp3) is 0.214. The van der Waals surface area contributed by atoms with E-state index in [1.54, 1.807) is 24.4 Å². The zero-order valence-corrected chi connectivity index (χ0v) is 10.7. The number of aromatic nitrogens is 1. The van der Waals surface area contributed by atoms with Crippen LogP contribution in [0.5, 0.6) is 23.1 Å². The molecule has 2 aromatic rings. The first-order chi connectivity index (χ1) is 9.02. The molecule has 19 heavy (non-hydrogen) atoms. The summed E-state index contributed by atoms with van der Waals surface area (Å²) in [6, 6.07) is 8.85. The molecule has 0 saturated carbocycles. The average molecular weight is 258 g/mol. The molecule has 0 fully saturated rings. The third-order valence-electron chi connectivity index (χ3n) is 2.61. The minimum absolute atomic E-state index is 0.479. The van der Waals surface area contributed by atoms with E-state index in [0.717, 1.165) is 0 Å². The van der Waals surface area contributed by atoms with E-state index in [1.165, 1.54) is 0 Å². The molecule has 1 aromatic carbocycles. The van der Waals surface area contributed by atoms with Gasteiger partial charge in [0, 0.05) is 26.0 Å². The molecule has 3 rings (SSSR count). The largest absolute Gasteiger partial charge is 0.449 e. The molecule has 2 N–H and O–H groups in total. The minimum Gasteiger partial charge on any atom is -0.449 e. The molecule has 0 radical (unpaired) electrons. The second-order valence-corrected chi connectivity index (χ2v) is 4.74. The van der Waals surface area contributed by atoms with Crippen LogP contribution in [0, 0.1) is 0 Å². The van der Waals surface area contributed by atoms with Crippen molar-refractivity contribution in [1.29, 1.82) is 0 Å². The van der Waals surface area contributed by atoms with E-state index in [9.17, 15) is 0 Å². The zero-order chi connectivity index (χ0) is 13.5. The van der Waals surface area contributed by atoms with Crippen molar-refractivity contribution in [1.82, 2.24) is 4.98 Å². The standard InChI is InChI=1S/C14H14N2O3/c1-14(2)18-11-5-4-10(7-12(11)19-14)17-13-6-3-9(15)8-16-13/h3-8H,15H2,1-2H3. The summed E-state index contributed by atoms with van der Waals surface area (Å²) in [6.07, 6.45) is 1.55. The molecule has 0 amide bonds. The van der Waals surface area contributed by atoms with Crippen LogP contribution in [0.4, 0.5) is 5.69 Å². The Hall–Kier alpha value is -2.43. The van der Waals surface area contributed by atoms with E-state index in [4.69, 9.17) is 19.9 Å². The Labute approximate surface area is 110 Å². The monoisotopic (exact) mass is 258 g/mol. The quantitative estimate of drug-likeness (QED) is 0.897. The number of hydrogen-bond donors (Lipinski definition) is 1. The predicted octanol–water partition coefficient (Wildman–Crippen LogP) is 2.96. The number of nitrogens with two attached hydrogens (primary N) is 1. The highest BCUT2D eigenvalue weighted by molar-refractivity contribution is 5.49. The first-order valence-electron chi connectivity index (χ1n) is 5.93. The van der Waals surface area contributed by atoms with Gasteiger partial charge in [0.25, 0.3) is 0 Å². The second kappa shape index (κ2) is 4.05. The van der Waals surface area contributed by atoms with Crippen LogP contribution in [0.2, 0.25) is 0 Å². The highest BCUT2D eigenvalue weighted by Gasteiger charge is 2.31. The van der Waals surface area contributed by atoms with Crippen molar-refractivity contribution in [2.24, 2.45) is 0 Å². The van der Waals surface area contributed by atoms with Gasteiger partial charge < -0.3 is 19.9 Å². The molecule has 98 valence electrons. The number of nitrogen functional groups attached to an aromatic ring is 1. The van der Waals surface area contributed by atoms with Crippen molar-refractivity contribution >= 4 is 5.69 Å². The van der Waals surface area contributed by atoms with E-state index in [1.807, 2.05) is 26.0 Å². The van der Waals surface area contributed by atoms with Gasteiger partial charge in [0.2, 0.25) is 11.7 Å². The smallest absolute Gasteiger partial charge is 0.246 e. The Morgan fingerprint density at radius 2 is 1.89 bits per heavy atom. The maximum atomic E-state index is 5.65. The van der Waals surface area contributed by atoms with Crippen molar-refractivity contribution < 1.29 is 14.2 Å². The fourth-order valence-corrected chi connectivity index (χ4v) is 1.84. The number of anilines is 1. The van der Waals surface area contributed by atoms with E-state index in [2.05, 4.69) is 4.98 Å². The molecule has 0 spiro atoms. The number of pyridine rings is 1. The van der Waals surface area contributed by atoms with Gasteiger partial charge in [-0.05, 0) is 18.2 Å². The van der Waals surface area contributed by atoms with Gasteiger partial charge in [-0.2, -0.15) is 0 Å². The summed E-state index contributed by atoms with van der Waals surface area (Å²) in [5, 5.41) is 0. The zero-order valence-electron chi connectivity index (χ0n) is 10.7. The number of nitrogens with zero attached hydrogens (tertiary/aromatic N) is 1. The molecular formula is C14H14N2O3. The lowest BCUT2D eigenvalue weighted by Gasteiger charge is -2.16. The summed E-state index contributed by atoms with van der Waals surface area (Å²) in [7, 11) is 0. The summed E-state index contributed by atoms with van der Waals surface area (Å²) in [5.74, 6) is 1.85. The van der Waals surface area contributed by atoms with Gasteiger partial charge in [-0.25, -0.2) is 4.98 Å². The number of hydrogen-bond acceptors (Lipinski definition) is 5. The van der Waals surface area contributed by atoms with Crippen LogP contribution in [-0.4, -0.2) is 10.8 Å². The molecule has 5 nitrogen and oxygen atoms in total. The second-order valence-electron chi connectivity index (χ2n) is 4.74. The Bertz CT molecular complexity index is 609. The summed E-state index contributed by atoms with van der Waals surface area (Å²) in [5.41, 5.74) is 6.17. The Morgan fingerprint density at radius 3 is 2.63 bits per heavy atom. The van der Waals surface area contributed by atoms with Gasteiger partial charge in [-0.3, -0.25) is 0 Å². The van der Waals surface area contributed by atoms with Crippen molar-refractivity contribution in [2.75, 3.05) is 5.73 Å². The highest BCUT2D eigenvalue weighted by atomic mass is 16.7. The number of rotatable bonds is 2. The van der Waals surface area contributed by atoms with Crippen LogP contribution >= 0.6 is 0 Å². The van der Waals surface area contributed by atoms with Gasteiger partial charge in [0.15, 0.2) is 11.5 Å². The lowest BCUT2D eigenvalue weighted by atomic mass is 10.3. The molecular weight excluding hydrogens is 244 g/mol. The molecule has 2 heterocycles. The van der Waals surface area contributed by atoms with Crippen molar-refractivity contribution in [3.8, 4) is 23.1 Å². The van der Waals surface area contributed by atoms with Crippen LogP contribution in [-0.2, 0) is 0 Å². The van der Waals surface area contributed by atoms with E-state index >= 15 is 0 Å². The summed E-state index contributed by atoms with van der Waals surface area (Å²) in [6.45, 7) is 3.71. The molecule has 0 bridgehead atoms. The maximum Gasteiger partial charge on any atom is 0.246 e. The molecule has 1 aliphatic rings. The van der Waals surface area contributed by atoms with Crippen LogP contribution < -0.4 is 19.9 Å². The molecule has 5 heteroatoms. The fourth-order valence-electron chi connectivity index (χ4n) is 1.84. The van der Waals surface area contributed by atoms with Gasteiger partial charge in [0.05, 0.1) is 11.9 Å². The molecule has 0 unspecified atom stereocenters. The Kier molecular flexibility index (Phi) is 2.48. The van der Waals surface area contributed by atoms with Crippen molar-refractivity contribution in [2.45, 2.75) is 19.6 Å². The van der Waals surface area contributed by atoms with E-state index in [0.29, 0.717) is 28.8 Å². The molecule has 0 aliphatic carbocycles. The highest BCUT2D eigenvalue weighted by Crippen LogP contribution is 2.41. The first kappa shape index (κ1) is 11.6. The molecule has 0 saturated heterocycles. The summed E-state index contributed by atoms with van der Waals surface area (Å²) < 4.78 is 16.9. The van der Waals surface area contributed by atoms with Gasteiger partial charge in [0.1, 0.15) is 5.75 Å². The van der Waals surface area contributed by atoms with Crippen LogP contribution in [0.1, 0.15) is 13.8 Å². The summed E-state index contributed by atoms with van der Waals surface area (Å²) >= 11 is 0. The molecule has 1 aliphatic heterocycles. The van der Waals surface area contributed by atoms with Gasteiger partial charge >= 0.3 is 0 Å². The topological polar surface area (TPSA) is 66.6 Å². The lowest BCUT2D eigenvalue weighted by Crippen LogP contribution is -2.29. The minimum atomic E-state index is -0.638. The summed E-state index contributed by atoms with van der Waals surface area (Å²) in [4.78, 5) is 4.08. The van der Waals surface area contributed by atoms with Gasteiger partial charge in [-0.1, -0.05) is 0 Å².